The molecule has 0 fully saturated rings. The third-order valence-corrected chi connectivity index (χ3v) is 3.96. The zero-order valence-corrected chi connectivity index (χ0v) is 12.5. The van der Waals surface area contributed by atoms with Crippen LogP contribution in [0.15, 0.2) is 22.7 Å². The summed E-state index contributed by atoms with van der Waals surface area (Å²) in [6.45, 7) is 0. The lowest BCUT2D eigenvalue weighted by Gasteiger charge is -2.00. The van der Waals surface area contributed by atoms with Gasteiger partial charge in [-0.3, -0.25) is 0 Å². The van der Waals surface area contributed by atoms with E-state index in [1.807, 2.05) is 0 Å². The molecule has 0 saturated heterocycles. The van der Waals surface area contributed by atoms with Crippen LogP contribution in [0.25, 0.3) is 11.4 Å². The summed E-state index contributed by atoms with van der Waals surface area (Å²) in [5, 5.41) is 9.52. The van der Waals surface area contributed by atoms with Crippen molar-refractivity contribution >= 4 is 33.2 Å². The van der Waals surface area contributed by atoms with Gasteiger partial charge < -0.3 is 4.52 Å². The van der Waals surface area contributed by atoms with Crippen LogP contribution in [0.2, 0.25) is 10.0 Å². The van der Waals surface area contributed by atoms with E-state index in [9.17, 15) is 8.42 Å². The first kappa shape index (κ1) is 15.2. The maximum Gasteiger partial charge on any atom is 0.226 e. The Bertz CT molecular complexity index is 695. The molecule has 0 spiro atoms. The molecule has 0 atom stereocenters. The first-order chi connectivity index (χ1) is 9.37. The summed E-state index contributed by atoms with van der Waals surface area (Å²) in [6.07, 6.45) is 0.613. The van der Waals surface area contributed by atoms with Gasteiger partial charge >= 0.3 is 0 Å². The van der Waals surface area contributed by atoms with Crippen LogP contribution in [-0.2, 0) is 16.4 Å². The number of halogens is 2. The zero-order valence-electron chi connectivity index (χ0n) is 10.2. The molecule has 1 aromatic heterocycles. The highest BCUT2D eigenvalue weighted by Gasteiger charge is 2.15. The van der Waals surface area contributed by atoms with Gasteiger partial charge in [0.15, 0.2) is 0 Å². The largest absolute Gasteiger partial charge is 0.339 e. The van der Waals surface area contributed by atoms with E-state index in [0.29, 0.717) is 34.3 Å². The number of hydrogen-bond donors (Lipinski definition) is 1. The SMILES string of the molecule is NS(=O)(=O)CCCc1nc(-c2c(Cl)cccc2Cl)no1. The lowest BCUT2D eigenvalue weighted by molar-refractivity contribution is 0.378. The van der Waals surface area contributed by atoms with Gasteiger partial charge in [-0.05, 0) is 18.6 Å². The summed E-state index contributed by atoms with van der Waals surface area (Å²) in [5.41, 5.74) is 0.484. The Hall–Kier alpha value is -1.15. The van der Waals surface area contributed by atoms with Gasteiger partial charge in [0.1, 0.15) is 0 Å². The van der Waals surface area contributed by atoms with Gasteiger partial charge in [-0.1, -0.05) is 34.4 Å². The lowest BCUT2D eigenvalue weighted by Crippen LogP contribution is -2.16. The van der Waals surface area contributed by atoms with Gasteiger partial charge in [-0.15, -0.1) is 0 Å². The Morgan fingerprint density at radius 2 is 1.90 bits per heavy atom. The Labute approximate surface area is 125 Å². The van der Waals surface area contributed by atoms with Crippen molar-refractivity contribution in [1.29, 1.82) is 0 Å². The normalized spacial score (nSPS) is 11.8. The average molecular weight is 336 g/mol. The van der Waals surface area contributed by atoms with E-state index >= 15 is 0 Å². The standard InChI is InChI=1S/C11H11Cl2N3O3S/c12-7-3-1-4-8(13)10(7)11-15-9(19-16-11)5-2-6-20(14,17)18/h1,3-4H,2,5-6H2,(H2,14,17,18). The van der Waals surface area contributed by atoms with Crippen molar-refractivity contribution < 1.29 is 12.9 Å². The number of benzene rings is 1. The smallest absolute Gasteiger partial charge is 0.226 e. The van der Waals surface area contributed by atoms with Crippen LogP contribution in [0.4, 0.5) is 0 Å². The Kier molecular flexibility index (Phi) is 4.64. The molecule has 0 amide bonds. The van der Waals surface area contributed by atoms with Crippen molar-refractivity contribution in [2.24, 2.45) is 5.14 Å². The number of sulfonamides is 1. The molecule has 2 rings (SSSR count). The van der Waals surface area contributed by atoms with Gasteiger partial charge in [0.25, 0.3) is 0 Å². The third-order valence-electron chi connectivity index (χ3n) is 2.47. The molecule has 0 unspecified atom stereocenters. The number of hydrogen-bond acceptors (Lipinski definition) is 5. The zero-order chi connectivity index (χ0) is 14.8. The maximum atomic E-state index is 10.8. The predicted molar refractivity (Wildman–Crippen MR) is 76.0 cm³/mol. The lowest BCUT2D eigenvalue weighted by atomic mass is 10.2. The minimum absolute atomic E-state index is 0.141. The van der Waals surface area contributed by atoms with E-state index in [4.69, 9.17) is 32.9 Å². The van der Waals surface area contributed by atoms with Crippen molar-refractivity contribution in [3.63, 3.8) is 0 Å². The second kappa shape index (κ2) is 6.09. The molecule has 6 nitrogen and oxygen atoms in total. The third kappa shape index (κ3) is 3.92. The second-order valence-corrected chi connectivity index (χ2v) is 6.63. The fourth-order valence-corrected chi connectivity index (χ4v) is 2.71. The number of aryl methyl sites for hydroxylation is 1. The van der Waals surface area contributed by atoms with Crippen LogP contribution in [-0.4, -0.2) is 24.3 Å². The molecule has 108 valence electrons. The number of nitrogens with two attached hydrogens (primary N) is 1. The number of primary sulfonamides is 1. The molecule has 20 heavy (non-hydrogen) atoms. The fourth-order valence-electron chi connectivity index (χ4n) is 1.59. The summed E-state index contributed by atoms with van der Waals surface area (Å²) >= 11 is 12.1. The average Bonchev–Trinajstić information content (AvgIpc) is 2.75. The maximum absolute atomic E-state index is 10.8. The molecule has 0 aliphatic rings. The fraction of sp³-hybridized carbons (Fsp3) is 0.273. The van der Waals surface area contributed by atoms with Gasteiger partial charge in [0.05, 0.1) is 21.4 Å². The first-order valence-corrected chi connectivity index (χ1v) is 8.11. The van der Waals surface area contributed by atoms with E-state index < -0.39 is 10.0 Å². The highest BCUT2D eigenvalue weighted by Crippen LogP contribution is 2.32. The number of aromatic nitrogens is 2. The monoisotopic (exact) mass is 335 g/mol. The molecule has 0 radical (unpaired) electrons. The quantitative estimate of drug-likeness (QED) is 0.903. The van der Waals surface area contributed by atoms with Crippen LogP contribution in [0.5, 0.6) is 0 Å². The van der Waals surface area contributed by atoms with Gasteiger partial charge in [0, 0.05) is 6.42 Å². The van der Waals surface area contributed by atoms with Crippen molar-refractivity contribution in [2.75, 3.05) is 5.75 Å². The molecule has 2 N–H and O–H groups in total. The minimum atomic E-state index is -3.49. The van der Waals surface area contributed by atoms with Crippen LogP contribution >= 0.6 is 23.2 Å². The molecule has 0 aliphatic carbocycles. The highest BCUT2D eigenvalue weighted by molar-refractivity contribution is 7.89. The summed E-state index contributed by atoms with van der Waals surface area (Å²) in [5.74, 6) is 0.434. The van der Waals surface area contributed by atoms with Gasteiger partial charge in [0.2, 0.25) is 21.7 Å². The minimum Gasteiger partial charge on any atom is -0.339 e. The summed E-state index contributed by atoms with van der Waals surface area (Å²) in [7, 11) is -3.49. The van der Waals surface area contributed by atoms with E-state index in [1.54, 1.807) is 18.2 Å². The van der Waals surface area contributed by atoms with Gasteiger partial charge in [-0.2, -0.15) is 4.98 Å². The number of rotatable bonds is 5. The molecule has 0 aliphatic heterocycles. The molecule has 1 aromatic carbocycles. The molecule has 0 saturated carbocycles. The highest BCUT2D eigenvalue weighted by atomic mass is 35.5. The Balaban J connectivity index is 2.13. The first-order valence-electron chi connectivity index (χ1n) is 5.64. The summed E-state index contributed by atoms with van der Waals surface area (Å²) < 4.78 is 26.7. The molecule has 2 aromatic rings. The van der Waals surface area contributed by atoms with Crippen LogP contribution in [0.1, 0.15) is 12.3 Å². The van der Waals surface area contributed by atoms with E-state index in [-0.39, 0.29) is 11.6 Å². The molecule has 0 bridgehead atoms. The molecule has 1 heterocycles. The van der Waals surface area contributed by atoms with Crippen LogP contribution in [0, 0.1) is 0 Å². The molecular weight excluding hydrogens is 325 g/mol. The van der Waals surface area contributed by atoms with Crippen LogP contribution in [0.3, 0.4) is 0 Å². The van der Waals surface area contributed by atoms with Crippen molar-refractivity contribution in [3.8, 4) is 11.4 Å². The van der Waals surface area contributed by atoms with Crippen LogP contribution < -0.4 is 5.14 Å². The van der Waals surface area contributed by atoms with Gasteiger partial charge in [-0.25, -0.2) is 13.6 Å². The molecular formula is C11H11Cl2N3O3S. The van der Waals surface area contributed by atoms with E-state index in [1.165, 1.54) is 0 Å². The Morgan fingerprint density at radius 3 is 2.50 bits per heavy atom. The summed E-state index contributed by atoms with van der Waals surface area (Å²) in [4.78, 5) is 4.14. The van der Waals surface area contributed by atoms with Crippen molar-refractivity contribution in [2.45, 2.75) is 12.8 Å². The van der Waals surface area contributed by atoms with E-state index in [2.05, 4.69) is 10.1 Å². The second-order valence-electron chi connectivity index (χ2n) is 4.08. The topological polar surface area (TPSA) is 99.1 Å². The van der Waals surface area contributed by atoms with E-state index in [0.717, 1.165) is 0 Å². The molecule has 9 heteroatoms. The number of nitrogens with zero attached hydrogens (tertiary/aromatic N) is 2. The Morgan fingerprint density at radius 1 is 1.25 bits per heavy atom. The van der Waals surface area contributed by atoms with Crippen molar-refractivity contribution in [1.82, 2.24) is 10.1 Å². The van der Waals surface area contributed by atoms with Crippen molar-refractivity contribution in [3.05, 3.63) is 34.1 Å². The summed E-state index contributed by atoms with van der Waals surface area (Å²) in [6, 6.07) is 5.04. The predicted octanol–water partition coefficient (Wildman–Crippen LogP) is 2.26.